The second-order valence-corrected chi connectivity index (χ2v) is 31.9. The Morgan fingerprint density at radius 1 is 0.774 bits per heavy atom. The molecule has 6 amide bonds. The number of hydrogen-bond donors (Lipinski definition) is 4. The van der Waals surface area contributed by atoms with Crippen molar-refractivity contribution in [3.8, 4) is 0 Å². The van der Waals surface area contributed by atoms with E-state index in [2.05, 4.69) is 51.4 Å². The number of halogens is 3. The molecule has 2 bridgehead atoms. The molecule has 8 aliphatic rings. The maximum Gasteiger partial charge on any atom is 0.501 e. The van der Waals surface area contributed by atoms with Crippen LogP contribution in [0.25, 0.3) is 0 Å². The van der Waals surface area contributed by atoms with Gasteiger partial charge in [0.1, 0.15) is 10.9 Å². The van der Waals surface area contributed by atoms with E-state index in [1.165, 1.54) is 62.4 Å². The van der Waals surface area contributed by atoms with Crippen LogP contribution in [0.3, 0.4) is 0 Å². The Hall–Kier alpha value is -6.80. The average molecular weight is 1340 g/mol. The standard InChI is InChI=1S/C68H84F3N9O10S3/c1-4-66-43-67(44-66,45-66)55-40-65(2,3)27-25-47(55)41-77-32-34-78(35-33-77)50-18-15-46(16-19-50)61(83)75-93(89,90)52-20-22-56(58(39-52)92(87,88)68(69,70)71)73-49(42-91-51-12-8-7-9-13-51)26-29-76-30-36-79(37-31-76)60(82)14-10-5-6-11-28-72-48-17-21-53-54(38-48)64(86)80(63(53)85)57-23-24-59(81)74-62(57)84/h7-9,12-13,15-22,38-39,49,57,72-73H,4-6,10-11,14,23-37,40-45H2,1-3H3,(H,75,83)(H,74,81,84)/t49-,57?,66?,67?/m1/s1. The number of unbranched alkanes of at least 4 members (excludes halogenated alkanes) is 3. The number of imide groups is 2. The number of benzene rings is 4. The van der Waals surface area contributed by atoms with Crippen molar-refractivity contribution in [2.24, 2.45) is 16.2 Å². The van der Waals surface area contributed by atoms with Crippen LogP contribution in [0.4, 0.5) is 30.2 Å². The zero-order chi connectivity index (χ0) is 66.1. The van der Waals surface area contributed by atoms with Gasteiger partial charge in [-0.05, 0) is 153 Å². The molecule has 2 atom stereocenters. The second kappa shape index (κ2) is 27.5. The molecule has 4 N–H and O–H groups in total. The number of sulfonamides is 1. The van der Waals surface area contributed by atoms with Crippen molar-refractivity contribution in [2.45, 2.75) is 149 Å². The van der Waals surface area contributed by atoms with Gasteiger partial charge in [-0.15, -0.1) is 11.8 Å². The number of piperidine rings is 1. The van der Waals surface area contributed by atoms with Gasteiger partial charge in [-0.3, -0.25) is 48.8 Å². The molecule has 12 rings (SSSR count). The summed E-state index contributed by atoms with van der Waals surface area (Å²) < 4.78 is 99.9. The van der Waals surface area contributed by atoms with E-state index in [0.717, 1.165) is 86.0 Å². The smallest absolute Gasteiger partial charge is 0.385 e. The molecule has 3 saturated heterocycles. The van der Waals surface area contributed by atoms with Crippen molar-refractivity contribution in [1.29, 1.82) is 0 Å². The maximum absolute atomic E-state index is 14.5. The van der Waals surface area contributed by atoms with Gasteiger partial charge in [0.25, 0.3) is 37.6 Å². The number of carbonyl (C=O) groups excluding carboxylic acids is 6. The van der Waals surface area contributed by atoms with E-state index >= 15 is 0 Å². The van der Waals surface area contributed by atoms with Crippen molar-refractivity contribution < 1.29 is 58.8 Å². The number of amides is 6. The van der Waals surface area contributed by atoms with Crippen LogP contribution in [0.15, 0.2) is 117 Å². The highest BCUT2D eigenvalue weighted by atomic mass is 32.2. The van der Waals surface area contributed by atoms with Crippen molar-refractivity contribution in [2.75, 3.05) is 93.3 Å². The van der Waals surface area contributed by atoms with Gasteiger partial charge in [-0.25, -0.2) is 21.6 Å². The summed E-state index contributed by atoms with van der Waals surface area (Å²) in [6.07, 6.45) is 12.7. The summed E-state index contributed by atoms with van der Waals surface area (Å²) in [5.41, 5.74) is 0.341. The number of fused-ring (bicyclic) bond motifs is 1. The molecule has 0 radical (unpaired) electrons. The van der Waals surface area contributed by atoms with E-state index in [0.29, 0.717) is 86.5 Å². The fourth-order valence-electron chi connectivity index (χ4n) is 14.8. The molecule has 4 heterocycles. The van der Waals surface area contributed by atoms with E-state index < -0.39 is 82.5 Å². The van der Waals surface area contributed by atoms with Gasteiger partial charge in [-0.1, -0.05) is 69.4 Å². The third-order valence-electron chi connectivity index (χ3n) is 20.2. The highest BCUT2D eigenvalue weighted by Crippen LogP contribution is 2.79. The first kappa shape index (κ1) is 67.6. The number of hydrogen-bond acceptors (Lipinski definition) is 16. The lowest BCUT2D eigenvalue weighted by atomic mass is 9.31. The molecule has 0 aromatic heterocycles. The minimum Gasteiger partial charge on any atom is -0.385 e. The summed E-state index contributed by atoms with van der Waals surface area (Å²) in [5, 5.41) is 8.50. The largest absolute Gasteiger partial charge is 0.501 e. The molecule has 19 nitrogen and oxygen atoms in total. The number of allylic oxidation sites excluding steroid dienone is 1. The SMILES string of the molecule is CCC12CC(C3=C(CN4CCN(c5ccc(C(=O)NS(=O)(=O)c6ccc(N[C@H](CCN7CCN(C(=O)CCCCCCNc8ccc9c(c8)C(=O)N(C8CCC(=O)NC8=O)C9=O)CC7)CSc7ccccc7)c(S(=O)(=O)C(F)(F)F)c6)cc5)CC4)CCC(C)(C)C3)(C1)C2. The normalized spacial score (nSPS) is 23.0. The van der Waals surface area contributed by atoms with Crippen molar-refractivity contribution in [3.05, 3.63) is 119 Å². The van der Waals surface area contributed by atoms with E-state index in [4.69, 9.17) is 0 Å². The molecule has 4 aromatic carbocycles. The number of sulfone groups is 1. The molecule has 3 saturated carbocycles. The van der Waals surface area contributed by atoms with Gasteiger partial charge in [0.05, 0.1) is 21.7 Å². The van der Waals surface area contributed by atoms with Crippen LogP contribution in [-0.4, -0.2) is 167 Å². The number of anilines is 3. The van der Waals surface area contributed by atoms with Crippen molar-refractivity contribution in [1.82, 2.24) is 29.6 Å². The lowest BCUT2D eigenvalue weighted by Gasteiger charge is -2.73. The zero-order valence-electron chi connectivity index (χ0n) is 53.1. The molecule has 4 aliphatic heterocycles. The molecule has 4 aromatic rings. The summed E-state index contributed by atoms with van der Waals surface area (Å²) in [6, 6.07) is 21.3. The minimum atomic E-state index is -6.15. The number of nitrogens with one attached hydrogen (secondary N) is 4. The van der Waals surface area contributed by atoms with Crippen LogP contribution in [0.1, 0.15) is 148 Å². The Balaban J connectivity index is 0.649. The zero-order valence-corrected chi connectivity index (χ0v) is 55.5. The van der Waals surface area contributed by atoms with Crippen LogP contribution >= 0.6 is 11.8 Å². The first-order valence-corrected chi connectivity index (χ1v) is 36.6. The maximum atomic E-state index is 14.5. The van der Waals surface area contributed by atoms with Gasteiger partial charge in [0, 0.05) is 118 Å². The summed E-state index contributed by atoms with van der Waals surface area (Å²) in [6.45, 7) is 14.4. The second-order valence-electron chi connectivity index (χ2n) is 27.2. The Labute approximate surface area is 547 Å². The van der Waals surface area contributed by atoms with E-state index in [-0.39, 0.29) is 41.2 Å². The van der Waals surface area contributed by atoms with Gasteiger partial charge in [-0.2, -0.15) is 13.2 Å². The van der Waals surface area contributed by atoms with Crippen molar-refractivity contribution in [3.63, 3.8) is 0 Å². The molecule has 4 aliphatic carbocycles. The van der Waals surface area contributed by atoms with Crippen LogP contribution in [0.2, 0.25) is 0 Å². The average Bonchev–Trinajstić information content (AvgIpc) is 1.17. The third-order valence-corrected chi connectivity index (χ3v) is 24.3. The highest BCUT2D eigenvalue weighted by molar-refractivity contribution is 7.99. The van der Waals surface area contributed by atoms with Crippen LogP contribution in [0.5, 0.6) is 0 Å². The van der Waals surface area contributed by atoms with E-state index in [9.17, 15) is 58.8 Å². The number of rotatable bonds is 26. The van der Waals surface area contributed by atoms with E-state index in [1.54, 1.807) is 41.5 Å². The Kier molecular flexibility index (Phi) is 20.0. The van der Waals surface area contributed by atoms with Crippen molar-refractivity contribution >= 4 is 84.1 Å². The summed E-state index contributed by atoms with van der Waals surface area (Å²) in [7, 11) is -11.1. The molecule has 6 fully saturated rings. The fourth-order valence-corrected chi connectivity index (χ4v) is 17.8. The minimum absolute atomic E-state index is 0.0109. The number of alkyl halides is 3. The van der Waals surface area contributed by atoms with Crippen LogP contribution in [-0.2, 0) is 34.2 Å². The summed E-state index contributed by atoms with van der Waals surface area (Å²) >= 11 is 1.41. The topological polar surface area (TPSA) is 235 Å². The molecule has 1 unspecified atom stereocenters. The first-order valence-electron chi connectivity index (χ1n) is 32.6. The molecule has 0 spiro atoms. The van der Waals surface area contributed by atoms with Gasteiger partial charge in [0.15, 0.2) is 0 Å². The molecular weight excluding hydrogens is 1260 g/mol. The Bertz CT molecular complexity index is 3760. The quantitative estimate of drug-likeness (QED) is 0.0198. The van der Waals surface area contributed by atoms with E-state index in [1.807, 2.05) is 40.0 Å². The Morgan fingerprint density at radius 2 is 1.46 bits per heavy atom. The lowest BCUT2D eigenvalue weighted by molar-refractivity contribution is -0.182. The fraction of sp³-hybridized carbons (Fsp3) is 0.529. The predicted octanol–water partition coefficient (Wildman–Crippen LogP) is 9.88. The van der Waals surface area contributed by atoms with Gasteiger partial charge in [0.2, 0.25) is 17.7 Å². The molecule has 93 heavy (non-hydrogen) atoms. The Morgan fingerprint density at radius 3 is 2.15 bits per heavy atom. The van der Waals surface area contributed by atoms with Gasteiger partial charge < -0.3 is 20.4 Å². The summed E-state index contributed by atoms with van der Waals surface area (Å²) in [4.78, 5) is 85.6. The highest BCUT2D eigenvalue weighted by Gasteiger charge is 2.68. The number of carbonyl (C=O) groups is 6. The van der Waals surface area contributed by atoms with Crippen LogP contribution in [0, 0.1) is 16.2 Å². The predicted molar refractivity (Wildman–Crippen MR) is 350 cm³/mol. The number of piperazine rings is 2. The molecular formula is C68H84F3N9O10S3. The summed E-state index contributed by atoms with van der Waals surface area (Å²) in [5.74, 6) is -2.99. The first-order chi connectivity index (χ1) is 44.2. The van der Waals surface area contributed by atoms with Gasteiger partial charge >= 0.3 is 5.51 Å². The third kappa shape index (κ3) is 15.0. The molecule has 500 valence electrons. The molecule has 25 heteroatoms. The number of thioether (sulfide) groups is 1. The lowest BCUT2D eigenvalue weighted by Crippen LogP contribution is -2.63. The monoisotopic (exact) mass is 1340 g/mol. The van der Waals surface area contributed by atoms with Crippen LogP contribution < -0.4 is 25.6 Å². The number of nitrogens with zero attached hydrogens (tertiary/aromatic N) is 5.